The van der Waals surface area contributed by atoms with Gasteiger partial charge in [0.2, 0.25) is 5.91 Å². The zero-order chi connectivity index (χ0) is 12.8. The molecule has 0 saturated heterocycles. The van der Waals surface area contributed by atoms with Crippen LogP contribution in [0, 0.1) is 23.7 Å². The van der Waals surface area contributed by atoms with Crippen LogP contribution in [0.5, 0.6) is 0 Å². The van der Waals surface area contributed by atoms with Crippen LogP contribution < -0.4 is 5.32 Å². The summed E-state index contributed by atoms with van der Waals surface area (Å²) < 4.78 is 0. The number of aromatic nitrogens is 1. The van der Waals surface area contributed by atoms with Gasteiger partial charge < -0.3 is 10.3 Å². The number of para-hydroxylation sites is 1. The molecule has 4 nitrogen and oxygen atoms in total. The van der Waals surface area contributed by atoms with Crippen molar-refractivity contribution in [3.8, 4) is 6.07 Å². The van der Waals surface area contributed by atoms with Crippen LogP contribution in [0.2, 0.25) is 0 Å². The zero-order valence-electron chi connectivity index (χ0n) is 10.1. The predicted molar refractivity (Wildman–Crippen MR) is 68.9 cm³/mol. The average Bonchev–Trinajstić information content (AvgIpc) is 3.12. The van der Waals surface area contributed by atoms with E-state index < -0.39 is 5.41 Å². The van der Waals surface area contributed by atoms with E-state index in [2.05, 4.69) is 16.4 Å². The highest BCUT2D eigenvalue weighted by Gasteiger charge is 2.50. The molecule has 18 heavy (non-hydrogen) atoms. The Morgan fingerprint density at radius 3 is 2.83 bits per heavy atom. The number of carbonyl (C=O) groups is 1. The number of carbonyl (C=O) groups excluding carboxylic acids is 1. The van der Waals surface area contributed by atoms with Gasteiger partial charge >= 0.3 is 0 Å². The number of rotatable bonds is 2. The minimum absolute atomic E-state index is 0.183. The highest BCUT2D eigenvalue weighted by atomic mass is 16.2. The van der Waals surface area contributed by atoms with Crippen LogP contribution in [0.25, 0.3) is 10.9 Å². The van der Waals surface area contributed by atoms with Crippen molar-refractivity contribution in [1.82, 2.24) is 4.98 Å². The Balaban J connectivity index is 1.98. The van der Waals surface area contributed by atoms with Crippen LogP contribution in [0.1, 0.15) is 18.5 Å². The van der Waals surface area contributed by atoms with Crippen molar-refractivity contribution in [2.75, 3.05) is 5.32 Å². The molecule has 0 spiro atoms. The number of aryl methyl sites for hydroxylation is 1. The number of fused-ring (bicyclic) bond motifs is 1. The fourth-order valence-electron chi connectivity index (χ4n) is 2.19. The summed E-state index contributed by atoms with van der Waals surface area (Å²) in [4.78, 5) is 15.3. The molecule has 4 heteroatoms. The number of amides is 1. The van der Waals surface area contributed by atoms with Crippen molar-refractivity contribution < 1.29 is 4.79 Å². The molecular formula is C14H13N3O. The molecule has 1 aliphatic carbocycles. The van der Waals surface area contributed by atoms with E-state index in [4.69, 9.17) is 5.26 Å². The molecule has 3 rings (SSSR count). The lowest BCUT2D eigenvalue weighted by atomic mass is 10.1. The summed E-state index contributed by atoms with van der Waals surface area (Å²) in [5.74, 6) is -0.183. The first-order chi connectivity index (χ1) is 8.66. The lowest BCUT2D eigenvalue weighted by Crippen LogP contribution is -2.22. The Labute approximate surface area is 105 Å². The van der Waals surface area contributed by atoms with Gasteiger partial charge in [0.15, 0.2) is 0 Å². The number of hydrogen-bond donors (Lipinski definition) is 2. The van der Waals surface area contributed by atoms with Gasteiger partial charge in [0, 0.05) is 16.6 Å². The maximum Gasteiger partial charge on any atom is 0.244 e. The molecule has 1 fully saturated rings. The van der Waals surface area contributed by atoms with E-state index >= 15 is 0 Å². The number of nitriles is 1. The first-order valence-corrected chi connectivity index (χ1v) is 5.96. The molecule has 1 saturated carbocycles. The standard InChI is InChI=1S/C14H13N3O/c1-9-12(10-4-2-3-5-11(10)16-9)17-13(18)14(8-15)6-7-14/h2-5,16H,6-7H2,1H3,(H,17,18). The monoisotopic (exact) mass is 239 g/mol. The second-order valence-corrected chi connectivity index (χ2v) is 4.82. The molecule has 0 radical (unpaired) electrons. The van der Waals surface area contributed by atoms with Gasteiger partial charge in [-0.1, -0.05) is 18.2 Å². The van der Waals surface area contributed by atoms with Crippen molar-refractivity contribution in [3.63, 3.8) is 0 Å². The number of benzene rings is 1. The molecule has 2 N–H and O–H groups in total. The summed E-state index contributed by atoms with van der Waals surface area (Å²) in [5, 5.41) is 12.9. The average molecular weight is 239 g/mol. The molecule has 1 aromatic carbocycles. The summed E-state index contributed by atoms with van der Waals surface area (Å²) in [5.41, 5.74) is 1.91. The predicted octanol–water partition coefficient (Wildman–Crippen LogP) is 2.72. The van der Waals surface area contributed by atoms with Crippen molar-refractivity contribution >= 4 is 22.5 Å². The molecule has 2 aromatic rings. The number of H-pyrrole nitrogens is 1. The quantitative estimate of drug-likeness (QED) is 0.846. The third-order valence-corrected chi connectivity index (χ3v) is 3.53. The number of nitrogens with one attached hydrogen (secondary N) is 2. The zero-order valence-corrected chi connectivity index (χ0v) is 10.1. The first-order valence-electron chi connectivity index (χ1n) is 5.96. The van der Waals surface area contributed by atoms with Crippen LogP contribution in [0.3, 0.4) is 0 Å². The fourth-order valence-corrected chi connectivity index (χ4v) is 2.19. The van der Waals surface area contributed by atoms with Crippen molar-refractivity contribution in [2.45, 2.75) is 19.8 Å². The number of nitrogens with zero attached hydrogens (tertiary/aromatic N) is 1. The van der Waals surface area contributed by atoms with Gasteiger partial charge in [0.05, 0.1) is 11.8 Å². The molecule has 0 unspecified atom stereocenters. The van der Waals surface area contributed by atoms with E-state index in [0.717, 1.165) is 22.3 Å². The minimum Gasteiger partial charge on any atom is -0.357 e. The summed E-state index contributed by atoms with van der Waals surface area (Å²) in [6, 6.07) is 9.92. The number of hydrogen-bond acceptors (Lipinski definition) is 2. The maximum absolute atomic E-state index is 12.1. The Hall–Kier alpha value is -2.28. The van der Waals surface area contributed by atoms with Gasteiger partial charge in [-0.15, -0.1) is 0 Å². The minimum atomic E-state index is -0.787. The lowest BCUT2D eigenvalue weighted by molar-refractivity contribution is -0.119. The molecule has 0 bridgehead atoms. The molecule has 1 heterocycles. The third kappa shape index (κ3) is 1.48. The highest BCUT2D eigenvalue weighted by Crippen LogP contribution is 2.46. The lowest BCUT2D eigenvalue weighted by Gasteiger charge is -2.08. The molecule has 1 aromatic heterocycles. The second-order valence-electron chi connectivity index (χ2n) is 4.82. The maximum atomic E-state index is 12.1. The van der Waals surface area contributed by atoms with Gasteiger partial charge in [-0.3, -0.25) is 4.79 Å². The smallest absolute Gasteiger partial charge is 0.244 e. The fraction of sp³-hybridized carbons (Fsp3) is 0.286. The molecular weight excluding hydrogens is 226 g/mol. The van der Waals surface area contributed by atoms with Gasteiger partial charge in [0.1, 0.15) is 5.41 Å². The Bertz CT molecular complexity index is 674. The molecule has 1 amide bonds. The van der Waals surface area contributed by atoms with Crippen LogP contribution in [0.4, 0.5) is 5.69 Å². The summed E-state index contributed by atoms with van der Waals surface area (Å²) in [7, 11) is 0. The highest BCUT2D eigenvalue weighted by molar-refractivity contribution is 6.06. The van der Waals surface area contributed by atoms with Crippen LogP contribution >= 0.6 is 0 Å². The van der Waals surface area contributed by atoms with Crippen molar-refractivity contribution in [2.24, 2.45) is 5.41 Å². The summed E-state index contributed by atoms with van der Waals surface area (Å²) in [6.07, 6.45) is 1.33. The van der Waals surface area contributed by atoms with E-state index in [1.54, 1.807) is 0 Å². The Kier molecular flexibility index (Phi) is 2.17. The van der Waals surface area contributed by atoms with Crippen LogP contribution in [-0.4, -0.2) is 10.9 Å². The van der Waals surface area contributed by atoms with E-state index in [1.807, 2.05) is 31.2 Å². The molecule has 0 atom stereocenters. The van der Waals surface area contributed by atoms with Gasteiger partial charge in [-0.25, -0.2) is 0 Å². The summed E-state index contributed by atoms with van der Waals surface area (Å²) >= 11 is 0. The van der Waals surface area contributed by atoms with Crippen LogP contribution in [-0.2, 0) is 4.79 Å². The Morgan fingerprint density at radius 1 is 1.44 bits per heavy atom. The van der Waals surface area contributed by atoms with E-state index in [0.29, 0.717) is 12.8 Å². The Morgan fingerprint density at radius 2 is 2.17 bits per heavy atom. The molecule has 0 aliphatic heterocycles. The van der Waals surface area contributed by atoms with E-state index in [1.165, 1.54) is 0 Å². The summed E-state index contributed by atoms with van der Waals surface area (Å²) in [6.45, 7) is 1.92. The van der Waals surface area contributed by atoms with Crippen LogP contribution in [0.15, 0.2) is 24.3 Å². The molecule has 90 valence electrons. The van der Waals surface area contributed by atoms with Gasteiger partial charge in [0.25, 0.3) is 0 Å². The normalized spacial score (nSPS) is 16.2. The first kappa shape index (κ1) is 10.8. The van der Waals surface area contributed by atoms with Crippen molar-refractivity contribution in [1.29, 1.82) is 5.26 Å². The molecule has 1 aliphatic rings. The van der Waals surface area contributed by atoms with Crippen molar-refractivity contribution in [3.05, 3.63) is 30.0 Å². The van der Waals surface area contributed by atoms with E-state index in [9.17, 15) is 4.79 Å². The van der Waals surface area contributed by atoms with Gasteiger partial charge in [-0.05, 0) is 25.8 Å². The topological polar surface area (TPSA) is 68.7 Å². The van der Waals surface area contributed by atoms with Gasteiger partial charge in [-0.2, -0.15) is 5.26 Å². The number of anilines is 1. The largest absolute Gasteiger partial charge is 0.357 e. The second kappa shape index (κ2) is 3.61. The third-order valence-electron chi connectivity index (χ3n) is 3.53. The SMILES string of the molecule is Cc1[nH]c2ccccc2c1NC(=O)C1(C#N)CC1. The number of aromatic amines is 1. The van der Waals surface area contributed by atoms with E-state index in [-0.39, 0.29) is 5.91 Å².